The Hall–Kier alpha value is -3.41. The number of carbonyl (C=O) groups excluding carboxylic acids is 1. The summed E-state index contributed by atoms with van der Waals surface area (Å²) >= 11 is 0. The zero-order chi connectivity index (χ0) is 23.6. The molecule has 0 amide bonds. The number of esters is 1. The number of carbonyl (C=O) groups is 2. The molecule has 1 saturated carbocycles. The lowest BCUT2D eigenvalue weighted by atomic mass is 9.74. The van der Waals surface area contributed by atoms with Gasteiger partial charge in [0.15, 0.2) is 11.6 Å². The molecule has 4 rings (SSSR count). The van der Waals surface area contributed by atoms with Crippen LogP contribution in [0.4, 0.5) is 4.39 Å². The molecule has 1 N–H and O–H groups in total. The predicted octanol–water partition coefficient (Wildman–Crippen LogP) is 6.06. The van der Waals surface area contributed by atoms with Crippen molar-refractivity contribution >= 4 is 22.7 Å². The van der Waals surface area contributed by atoms with E-state index in [4.69, 9.17) is 9.47 Å². The summed E-state index contributed by atoms with van der Waals surface area (Å²) < 4.78 is 25.8. The Morgan fingerprint density at radius 1 is 1.09 bits per heavy atom. The molecule has 0 aromatic heterocycles. The van der Waals surface area contributed by atoms with Crippen molar-refractivity contribution in [2.24, 2.45) is 5.41 Å². The smallest absolute Gasteiger partial charge is 0.336 e. The van der Waals surface area contributed by atoms with Crippen molar-refractivity contribution in [2.45, 2.75) is 52.2 Å². The number of carboxylic acids is 1. The van der Waals surface area contributed by atoms with Gasteiger partial charge in [0.25, 0.3) is 0 Å². The van der Waals surface area contributed by atoms with Crippen LogP contribution in [-0.2, 0) is 16.1 Å². The van der Waals surface area contributed by atoms with Crippen molar-refractivity contribution in [2.75, 3.05) is 0 Å². The summed E-state index contributed by atoms with van der Waals surface area (Å²) in [7, 11) is 0. The molecule has 0 unspecified atom stereocenters. The number of aromatic carboxylic acids is 1. The van der Waals surface area contributed by atoms with Gasteiger partial charge < -0.3 is 14.6 Å². The molecule has 0 bridgehead atoms. The van der Waals surface area contributed by atoms with Crippen molar-refractivity contribution < 1.29 is 28.6 Å². The first kappa shape index (κ1) is 22.8. The van der Waals surface area contributed by atoms with Gasteiger partial charge in [-0.15, -0.1) is 0 Å². The van der Waals surface area contributed by atoms with Gasteiger partial charge in [0.1, 0.15) is 6.61 Å². The van der Waals surface area contributed by atoms with E-state index in [1.807, 2.05) is 49.4 Å². The number of rotatable bonds is 6. The molecule has 3 aromatic rings. The fraction of sp³-hybridized carbons (Fsp3) is 0.333. The summed E-state index contributed by atoms with van der Waals surface area (Å²) in [6.45, 7) is 3.65. The second kappa shape index (κ2) is 9.22. The third-order valence-corrected chi connectivity index (χ3v) is 6.57. The Labute approximate surface area is 192 Å². The second-order valence-corrected chi connectivity index (χ2v) is 8.99. The minimum Gasteiger partial charge on any atom is -0.487 e. The van der Waals surface area contributed by atoms with Crippen molar-refractivity contribution in [1.82, 2.24) is 0 Å². The van der Waals surface area contributed by atoms with E-state index >= 15 is 0 Å². The molecule has 0 spiro atoms. The molecule has 0 radical (unpaired) electrons. The van der Waals surface area contributed by atoms with Crippen LogP contribution in [0.25, 0.3) is 10.8 Å². The van der Waals surface area contributed by atoms with Crippen molar-refractivity contribution in [3.63, 3.8) is 0 Å². The van der Waals surface area contributed by atoms with E-state index in [-0.39, 0.29) is 30.0 Å². The van der Waals surface area contributed by atoms with E-state index in [1.54, 1.807) is 6.92 Å². The molecule has 3 aromatic carbocycles. The molecule has 0 saturated heterocycles. The van der Waals surface area contributed by atoms with Crippen molar-refractivity contribution in [3.8, 4) is 5.75 Å². The average molecular weight is 451 g/mol. The van der Waals surface area contributed by atoms with Gasteiger partial charge in [-0.1, -0.05) is 42.5 Å². The van der Waals surface area contributed by atoms with Crippen molar-refractivity contribution in [1.29, 1.82) is 0 Å². The summed E-state index contributed by atoms with van der Waals surface area (Å²) in [4.78, 5) is 24.3. The van der Waals surface area contributed by atoms with Gasteiger partial charge in [-0.3, -0.25) is 4.79 Å². The quantitative estimate of drug-likeness (QED) is 0.463. The maximum atomic E-state index is 14.3. The fourth-order valence-corrected chi connectivity index (χ4v) is 4.44. The minimum atomic E-state index is -1.12. The first-order chi connectivity index (χ1) is 15.8. The highest BCUT2D eigenvalue weighted by Gasteiger charge is 2.39. The molecule has 1 aliphatic rings. The number of fused-ring (bicyclic) bond motifs is 1. The number of carboxylic acid groups (broad SMARTS) is 1. The van der Waals surface area contributed by atoms with Crippen LogP contribution in [-0.4, -0.2) is 23.1 Å². The minimum absolute atomic E-state index is 0.0176. The molecule has 5 nitrogen and oxygen atoms in total. The Morgan fingerprint density at radius 2 is 1.79 bits per heavy atom. The number of halogens is 1. The zero-order valence-electron chi connectivity index (χ0n) is 18.8. The highest BCUT2D eigenvalue weighted by Crippen LogP contribution is 2.39. The molecule has 1 aliphatic carbocycles. The van der Waals surface area contributed by atoms with Crippen LogP contribution >= 0.6 is 0 Å². The Kier molecular flexibility index (Phi) is 6.36. The van der Waals surface area contributed by atoms with E-state index in [0.29, 0.717) is 31.2 Å². The molecule has 1 fully saturated rings. The highest BCUT2D eigenvalue weighted by molar-refractivity contribution is 5.90. The second-order valence-electron chi connectivity index (χ2n) is 8.99. The maximum Gasteiger partial charge on any atom is 0.336 e. The molecule has 33 heavy (non-hydrogen) atoms. The van der Waals surface area contributed by atoms with Crippen molar-refractivity contribution in [3.05, 3.63) is 77.1 Å². The van der Waals surface area contributed by atoms with Gasteiger partial charge in [-0.25, -0.2) is 9.18 Å². The highest BCUT2D eigenvalue weighted by atomic mass is 19.1. The standard InChI is InChI=1S/C27H27FO5/c1-17-14-23(28)24(15-22(17)25(29)30)33-20-10-12-27(2,13-11-20)26(31)32-16-19-8-5-7-18-6-3-4-9-21(18)19/h3-9,14-15,20H,10-13,16H2,1-2H3,(H,29,30)/t20-,27+. The summed E-state index contributed by atoms with van der Waals surface area (Å²) in [6, 6.07) is 16.3. The fourth-order valence-electron chi connectivity index (χ4n) is 4.44. The number of ether oxygens (including phenoxy) is 2. The van der Waals surface area contributed by atoms with Crippen LogP contribution < -0.4 is 4.74 Å². The number of benzene rings is 3. The van der Waals surface area contributed by atoms with Gasteiger partial charge in [0.2, 0.25) is 0 Å². The zero-order valence-corrected chi connectivity index (χ0v) is 18.8. The molecular formula is C27H27FO5. The van der Waals surface area contributed by atoms with Crippen LogP contribution in [0, 0.1) is 18.2 Å². The Bertz CT molecular complexity index is 1190. The summed E-state index contributed by atoms with van der Waals surface area (Å²) in [6.07, 6.45) is 1.91. The first-order valence-electron chi connectivity index (χ1n) is 11.1. The number of hydrogen-bond donors (Lipinski definition) is 1. The van der Waals surface area contributed by atoms with Crippen LogP contribution in [0.5, 0.6) is 5.75 Å². The molecule has 0 atom stereocenters. The SMILES string of the molecule is Cc1cc(F)c(O[C@H]2CC[C@@](C)(C(=O)OCc3cccc4ccccc34)CC2)cc1C(=O)O. The lowest BCUT2D eigenvalue weighted by molar-refractivity contribution is -0.159. The van der Waals surface area contributed by atoms with E-state index in [9.17, 15) is 19.1 Å². The van der Waals surface area contributed by atoms with E-state index < -0.39 is 17.2 Å². The molecular weight excluding hydrogens is 423 g/mol. The Morgan fingerprint density at radius 3 is 2.52 bits per heavy atom. The average Bonchev–Trinajstić information content (AvgIpc) is 2.80. The van der Waals surface area contributed by atoms with E-state index in [0.717, 1.165) is 16.3 Å². The lowest BCUT2D eigenvalue weighted by Crippen LogP contribution is -2.37. The first-order valence-corrected chi connectivity index (χ1v) is 11.1. The van der Waals surface area contributed by atoms with Crippen LogP contribution in [0.15, 0.2) is 54.6 Å². The van der Waals surface area contributed by atoms with Gasteiger partial charge in [0.05, 0.1) is 17.1 Å². The normalized spacial score (nSPS) is 20.4. The summed E-state index contributed by atoms with van der Waals surface area (Å²) in [5.74, 6) is -2.02. The van der Waals surface area contributed by atoms with Crippen LogP contribution in [0.2, 0.25) is 0 Å². The van der Waals surface area contributed by atoms with Gasteiger partial charge in [-0.05, 0) is 73.6 Å². The van der Waals surface area contributed by atoms with Gasteiger partial charge in [0, 0.05) is 0 Å². The lowest BCUT2D eigenvalue weighted by Gasteiger charge is -2.35. The number of hydrogen-bond acceptors (Lipinski definition) is 4. The predicted molar refractivity (Wildman–Crippen MR) is 123 cm³/mol. The summed E-state index contributed by atoms with van der Waals surface area (Å²) in [5.41, 5.74) is 0.690. The molecule has 0 aliphatic heterocycles. The molecule has 0 heterocycles. The monoisotopic (exact) mass is 450 g/mol. The van der Waals surface area contributed by atoms with Gasteiger partial charge >= 0.3 is 11.9 Å². The maximum absolute atomic E-state index is 14.3. The topological polar surface area (TPSA) is 72.8 Å². The summed E-state index contributed by atoms with van der Waals surface area (Å²) in [5, 5.41) is 11.4. The molecule has 6 heteroatoms. The van der Waals surface area contributed by atoms with Crippen LogP contribution in [0.3, 0.4) is 0 Å². The third kappa shape index (κ3) is 4.85. The molecule has 172 valence electrons. The van der Waals surface area contributed by atoms with Gasteiger partial charge in [-0.2, -0.15) is 0 Å². The number of aryl methyl sites for hydroxylation is 1. The largest absolute Gasteiger partial charge is 0.487 e. The third-order valence-electron chi connectivity index (χ3n) is 6.57. The van der Waals surface area contributed by atoms with E-state index in [1.165, 1.54) is 12.1 Å². The van der Waals surface area contributed by atoms with E-state index in [2.05, 4.69) is 0 Å². The van der Waals surface area contributed by atoms with Crippen LogP contribution in [0.1, 0.15) is 54.1 Å². The Balaban J connectivity index is 1.37.